The van der Waals surface area contributed by atoms with Crippen molar-refractivity contribution in [3.63, 3.8) is 0 Å². The maximum absolute atomic E-state index is 6.12. The van der Waals surface area contributed by atoms with Gasteiger partial charge in [-0.25, -0.2) is 15.0 Å². The van der Waals surface area contributed by atoms with Gasteiger partial charge >= 0.3 is 0 Å². The zero-order valence-electron chi connectivity index (χ0n) is 16.5. The minimum Gasteiger partial charge on any atom is -0.384 e. The molecule has 1 aliphatic heterocycles. The molecule has 1 aliphatic rings. The molecule has 4 aromatic rings. The molecule has 0 radical (unpaired) electrons. The van der Waals surface area contributed by atoms with Gasteiger partial charge < -0.3 is 10.5 Å². The minimum atomic E-state index is -0.144. The Kier molecular flexibility index (Phi) is 5.04. The number of morpholine rings is 1. The molecule has 1 atom stereocenters. The molecule has 3 aromatic heterocycles. The predicted molar refractivity (Wildman–Crippen MR) is 115 cm³/mol. The van der Waals surface area contributed by atoms with Gasteiger partial charge in [-0.1, -0.05) is 24.3 Å². The molecule has 0 unspecified atom stereocenters. The van der Waals surface area contributed by atoms with Crippen LogP contribution in [-0.2, 0) is 11.3 Å². The average Bonchev–Trinajstić information content (AvgIpc) is 2.80. The van der Waals surface area contributed by atoms with Crippen LogP contribution in [0.4, 0.5) is 5.82 Å². The molecule has 0 bridgehead atoms. The third-order valence-corrected chi connectivity index (χ3v) is 5.40. The maximum Gasteiger partial charge on any atom is 0.123 e. The van der Waals surface area contributed by atoms with Gasteiger partial charge in [-0.3, -0.25) is 9.88 Å². The summed E-state index contributed by atoms with van der Waals surface area (Å²) in [4.78, 5) is 19.8. The second-order valence-electron chi connectivity index (χ2n) is 7.38. The Morgan fingerprint density at radius 1 is 1.07 bits per heavy atom. The highest BCUT2D eigenvalue weighted by Crippen LogP contribution is 2.31. The molecule has 5 rings (SSSR count). The maximum atomic E-state index is 6.12. The Balaban J connectivity index is 1.41. The number of nitrogen functional groups attached to an aromatic ring is 1. The summed E-state index contributed by atoms with van der Waals surface area (Å²) < 4.78 is 6.12. The minimum absolute atomic E-state index is 0.144. The molecule has 150 valence electrons. The van der Waals surface area contributed by atoms with E-state index < -0.39 is 0 Å². The van der Waals surface area contributed by atoms with Crippen molar-refractivity contribution in [1.29, 1.82) is 0 Å². The first-order chi connectivity index (χ1) is 14.8. The fourth-order valence-electron chi connectivity index (χ4n) is 3.98. The first-order valence-electron chi connectivity index (χ1n) is 9.96. The number of anilines is 1. The fourth-order valence-corrected chi connectivity index (χ4v) is 3.98. The number of aromatic nitrogens is 4. The van der Waals surface area contributed by atoms with Crippen molar-refractivity contribution >= 4 is 16.7 Å². The Bertz CT molecular complexity index is 1180. The molecule has 0 spiro atoms. The summed E-state index contributed by atoms with van der Waals surface area (Å²) in [5.74, 6) is 0.469. The van der Waals surface area contributed by atoms with Gasteiger partial charge in [-0.05, 0) is 29.3 Å². The van der Waals surface area contributed by atoms with E-state index in [9.17, 15) is 0 Å². The van der Waals surface area contributed by atoms with E-state index in [1.807, 2.05) is 30.6 Å². The number of rotatable bonds is 4. The SMILES string of the molecule is Nc1cc(-c2cncnc2[C@@H]2CN(Cc3cccc4cccnc34)CCO2)ccn1. The van der Waals surface area contributed by atoms with Crippen molar-refractivity contribution < 1.29 is 4.74 Å². The van der Waals surface area contributed by atoms with Gasteiger partial charge in [0.1, 0.15) is 18.2 Å². The zero-order valence-corrected chi connectivity index (χ0v) is 16.5. The van der Waals surface area contributed by atoms with Gasteiger partial charge in [0, 0.05) is 49.2 Å². The smallest absolute Gasteiger partial charge is 0.123 e. The number of pyridine rings is 2. The first-order valence-corrected chi connectivity index (χ1v) is 9.96. The number of hydrogen-bond acceptors (Lipinski definition) is 7. The second kappa shape index (κ2) is 8.14. The van der Waals surface area contributed by atoms with Crippen molar-refractivity contribution in [3.05, 3.63) is 78.6 Å². The normalized spacial score (nSPS) is 17.3. The lowest BCUT2D eigenvalue weighted by molar-refractivity contribution is -0.0346. The highest BCUT2D eigenvalue weighted by Gasteiger charge is 2.26. The molecule has 7 heteroatoms. The highest BCUT2D eigenvalue weighted by molar-refractivity contribution is 5.81. The van der Waals surface area contributed by atoms with Crippen LogP contribution in [0.3, 0.4) is 0 Å². The molecule has 30 heavy (non-hydrogen) atoms. The molecule has 4 heterocycles. The fraction of sp³-hybridized carbons (Fsp3) is 0.217. The molecule has 0 aliphatic carbocycles. The summed E-state index contributed by atoms with van der Waals surface area (Å²) >= 11 is 0. The summed E-state index contributed by atoms with van der Waals surface area (Å²) in [5.41, 5.74) is 10.9. The van der Waals surface area contributed by atoms with Crippen LogP contribution in [0, 0.1) is 0 Å². The van der Waals surface area contributed by atoms with Crippen molar-refractivity contribution in [2.75, 3.05) is 25.4 Å². The lowest BCUT2D eigenvalue weighted by Gasteiger charge is -2.33. The molecule has 2 N–H and O–H groups in total. The number of ether oxygens (including phenoxy) is 1. The molecule has 7 nitrogen and oxygen atoms in total. The van der Waals surface area contributed by atoms with E-state index in [-0.39, 0.29) is 6.10 Å². The number of fused-ring (bicyclic) bond motifs is 1. The van der Waals surface area contributed by atoms with Crippen LogP contribution in [0.1, 0.15) is 17.4 Å². The van der Waals surface area contributed by atoms with E-state index in [1.54, 1.807) is 12.5 Å². The van der Waals surface area contributed by atoms with Gasteiger partial charge in [0.2, 0.25) is 0 Å². The van der Waals surface area contributed by atoms with Gasteiger partial charge in [-0.15, -0.1) is 0 Å². The van der Waals surface area contributed by atoms with Crippen LogP contribution in [0.2, 0.25) is 0 Å². The third kappa shape index (κ3) is 3.72. The van der Waals surface area contributed by atoms with Gasteiger partial charge in [0.05, 0.1) is 17.8 Å². The van der Waals surface area contributed by atoms with Crippen LogP contribution in [0.5, 0.6) is 0 Å². The largest absolute Gasteiger partial charge is 0.384 e. The van der Waals surface area contributed by atoms with Crippen LogP contribution in [-0.4, -0.2) is 44.5 Å². The number of para-hydroxylation sites is 1. The second-order valence-corrected chi connectivity index (χ2v) is 7.38. The Morgan fingerprint density at radius 3 is 2.93 bits per heavy atom. The zero-order chi connectivity index (χ0) is 20.3. The summed E-state index contributed by atoms with van der Waals surface area (Å²) in [6, 6.07) is 14.2. The molecule has 1 aromatic carbocycles. The summed E-state index contributed by atoms with van der Waals surface area (Å²) in [6.45, 7) is 3.07. The number of nitrogens with zero attached hydrogens (tertiary/aromatic N) is 5. The summed E-state index contributed by atoms with van der Waals surface area (Å²) in [7, 11) is 0. The van der Waals surface area contributed by atoms with Gasteiger partial charge in [0.15, 0.2) is 0 Å². The van der Waals surface area contributed by atoms with Gasteiger partial charge in [-0.2, -0.15) is 0 Å². The van der Waals surface area contributed by atoms with Crippen molar-refractivity contribution in [1.82, 2.24) is 24.8 Å². The van der Waals surface area contributed by atoms with E-state index in [0.29, 0.717) is 12.4 Å². The van der Waals surface area contributed by atoms with Crippen LogP contribution in [0.15, 0.2) is 67.4 Å². The number of nitrogens with two attached hydrogens (primary N) is 1. The van der Waals surface area contributed by atoms with Crippen molar-refractivity contribution in [3.8, 4) is 11.1 Å². The van der Waals surface area contributed by atoms with Crippen molar-refractivity contribution in [2.24, 2.45) is 0 Å². The lowest BCUT2D eigenvalue weighted by Crippen LogP contribution is -2.38. The van der Waals surface area contributed by atoms with E-state index >= 15 is 0 Å². The first kappa shape index (κ1) is 18.6. The standard InChI is InChI=1S/C23H22N6O/c24-21-11-17(6-8-26-21)19-12-25-15-28-23(19)20-14-29(9-10-30-20)13-18-4-1-3-16-5-2-7-27-22(16)18/h1-8,11-12,15,20H,9-10,13-14H2,(H2,24,26)/t20-/m0/s1. The molecular formula is C23H22N6O. The van der Waals surface area contributed by atoms with E-state index in [1.165, 1.54) is 5.56 Å². The number of benzene rings is 1. The Hall–Kier alpha value is -3.42. The molecular weight excluding hydrogens is 376 g/mol. The third-order valence-electron chi connectivity index (χ3n) is 5.40. The quantitative estimate of drug-likeness (QED) is 0.564. The predicted octanol–water partition coefficient (Wildman–Crippen LogP) is 3.24. The van der Waals surface area contributed by atoms with Gasteiger partial charge in [0.25, 0.3) is 0 Å². The Morgan fingerprint density at radius 2 is 2.00 bits per heavy atom. The topological polar surface area (TPSA) is 90.1 Å². The van der Waals surface area contributed by atoms with E-state index in [2.05, 4.69) is 49.1 Å². The average molecular weight is 398 g/mol. The Labute approximate surface area is 174 Å². The highest BCUT2D eigenvalue weighted by atomic mass is 16.5. The lowest BCUT2D eigenvalue weighted by atomic mass is 10.0. The molecule has 0 amide bonds. The molecule has 1 fully saturated rings. The summed E-state index contributed by atoms with van der Waals surface area (Å²) in [5, 5.41) is 1.16. The van der Waals surface area contributed by atoms with E-state index in [0.717, 1.165) is 47.4 Å². The number of hydrogen-bond donors (Lipinski definition) is 1. The molecule has 1 saturated heterocycles. The van der Waals surface area contributed by atoms with Crippen LogP contribution < -0.4 is 5.73 Å². The molecule has 0 saturated carbocycles. The van der Waals surface area contributed by atoms with Crippen molar-refractivity contribution in [2.45, 2.75) is 12.6 Å². The van der Waals surface area contributed by atoms with E-state index in [4.69, 9.17) is 10.5 Å². The van der Waals surface area contributed by atoms with Crippen LogP contribution >= 0.6 is 0 Å². The monoisotopic (exact) mass is 398 g/mol. The van der Waals surface area contributed by atoms with Crippen LogP contribution in [0.25, 0.3) is 22.0 Å². The summed E-state index contributed by atoms with van der Waals surface area (Å²) in [6.07, 6.45) is 6.79.